The number of nitrogens with one attached hydrogen (secondary N) is 1. The van der Waals surface area contributed by atoms with Gasteiger partial charge in [0.05, 0.1) is 18.8 Å². The van der Waals surface area contributed by atoms with Crippen molar-refractivity contribution in [2.75, 3.05) is 49.6 Å². The van der Waals surface area contributed by atoms with Crippen LogP contribution in [0, 0.1) is 0 Å². The van der Waals surface area contributed by atoms with Crippen molar-refractivity contribution in [2.24, 2.45) is 0 Å². The lowest BCUT2D eigenvalue weighted by Gasteiger charge is -2.39. The highest BCUT2D eigenvalue weighted by Crippen LogP contribution is 2.38. The first-order chi connectivity index (χ1) is 16.7. The van der Waals surface area contributed by atoms with Crippen molar-refractivity contribution in [3.05, 3.63) is 58.6 Å². The maximum absolute atomic E-state index is 13.7. The van der Waals surface area contributed by atoms with Crippen LogP contribution < -0.4 is 10.2 Å². The van der Waals surface area contributed by atoms with Crippen molar-refractivity contribution in [1.82, 2.24) is 14.9 Å². The van der Waals surface area contributed by atoms with Gasteiger partial charge in [0.15, 0.2) is 6.17 Å². The van der Waals surface area contributed by atoms with Crippen LogP contribution in [0.15, 0.2) is 48.5 Å². The Kier molecular flexibility index (Phi) is 7.73. The minimum Gasteiger partial charge on any atom is -0.379 e. The highest BCUT2D eigenvalue weighted by molar-refractivity contribution is 6.31. The third-order valence-electron chi connectivity index (χ3n) is 6.35. The molecule has 11 heteroatoms. The first kappa shape index (κ1) is 25.5. The molecule has 188 valence electrons. The van der Waals surface area contributed by atoms with Crippen molar-refractivity contribution in [3.8, 4) is 0 Å². The fourth-order valence-corrected chi connectivity index (χ4v) is 4.91. The molecule has 0 spiro atoms. The van der Waals surface area contributed by atoms with Gasteiger partial charge in [0, 0.05) is 47.6 Å². The van der Waals surface area contributed by atoms with Gasteiger partial charge in [-0.3, -0.25) is 15.0 Å². The number of amides is 4. The van der Waals surface area contributed by atoms with Gasteiger partial charge < -0.3 is 15.0 Å². The molecular formula is C24H29Cl2N5O4. The average Bonchev–Trinajstić information content (AvgIpc) is 3.02. The highest BCUT2D eigenvalue weighted by atomic mass is 35.5. The van der Waals surface area contributed by atoms with Crippen LogP contribution in [-0.4, -0.2) is 83.2 Å². The normalized spacial score (nSPS) is 20.3. The smallest absolute Gasteiger partial charge is 0.347 e. The average molecular weight is 522 g/mol. The molecule has 4 amide bonds. The Morgan fingerprint density at radius 2 is 1.77 bits per heavy atom. The zero-order valence-electron chi connectivity index (χ0n) is 19.7. The molecule has 1 atom stereocenters. The van der Waals surface area contributed by atoms with E-state index in [9.17, 15) is 14.8 Å². The van der Waals surface area contributed by atoms with E-state index in [4.69, 9.17) is 27.9 Å². The summed E-state index contributed by atoms with van der Waals surface area (Å²) in [5.74, 6) is 0. The summed E-state index contributed by atoms with van der Waals surface area (Å²) in [6.45, 7) is 7.62. The Bertz CT molecular complexity index is 1080. The summed E-state index contributed by atoms with van der Waals surface area (Å²) in [5, 5.41) is 15.2. The maximum atomic E-state index is 13.7. The van der Waals surface area contributed by atoms with Crippen LogP contribution in [0.1, 0.15) is 13.8 Å². The number of hydrogen-bond acceptors (Lipinski definition) is 5. The number of morpholine rings is 1. The zero-order chi connectivity index (χ0) is 25.2. The predicted molar refractivity (Wildman–Crippen MR) is 135 cm³/mol. The molecule has 2 saturated heterocycles. The van der Waals surface area contributed by atoms with Crippen LogP contribution in [-0.2, 0) is 4.74 Å². The van der Waals surface area contributed by atoms with E-state index in [1.165, 1.54) is 4.90 Å². The molecular weight excluding hydrogens is 493 g/mol. The second-order valence-electron chi connectivity index (χ2n) is 9.05. The number of hydrogen-bond donors (Lipinski definition) is 2. The van der Waals surface area contributed by atoms with Crippen molar-refractivity contribution < 1.29 is 19.5 Å². The van der Waals surface area contributed by atoms with E-state index in [-0.39, 0.29) is 6.03 Å². The van der Waals surface area contributed by atoms with Gasteiger partial charge in [0.2, 0.25) is 0 Å². The van der Waals surface area contributed by atoms with Crippen LogP contribution in [0.2, 0.25) is 10.0 Å². The molecule has 1 unspecified atom stereocenters. The van der Waals surface area contributed by atoms with Crippen LogP contribution in [0.3, 0.4) is 0 Å². The van der Waals surface area contributed by atoms with Crippen LogP contribution >= 0.6 is 23.2 Å². The maximum Gasteiger partial charge on any atom is 0.347 e. The number of nitrogens with zero attached hydrogens (tertiary/aromatic N) is 4. The molecule has 4 rings (SSSR count). The molecule has 0 aromatic heterocycles. The summed E-state index contributed by atoms with van der Waals surface area (Å²) in [6.07, 6.45) is -1.03. The Balaban J connectivity index is 1.62. The fourth-order valence-electron chi connectivity index (χ4n) is 4.53. The summed E-state index contributed by atoms with van der Waals surface area (Å²) in [4.78, 5) is 32.1. The van der Waals surface area contributed by atoms with E-state index in [0.717, 1.165) is 13.1 Å². The Hall–Kier alpha value is -2.56. The number of carbonyl (C=O) groups excluding carboxylic acids is 2. The predicted octanol–water partition coefficient (Wildman–Crippen LogP) is 4.60. The van der Waals surface area contributed by atoms with Crippen LogP contribution in [0.25, 0.3) is 0 Å². The molecule has 2 N–H and O–H groups in total. The van der Waals surface area contributed by atoms with Gasteiger partial charge in [-0.2, -0.15) is 5.06 Å². The number of halogens is 2. The summed E-state index contributed by atoms with van der Waals surface area (Å²) in [6, 6.07) is 12.3. The van der Waals surface area contributed by atoms with Gasteiger partial charge >= 0.3 is 12.1 Å². The summed E-state index contributed by atoms with van der Waals surface area (Å²) in [5.41, 5.74) is -0.0437. The third-order valence-corrected chi connectivity index (χ3v) is 6.82. The molecule has 0 bridgehead atoms. The number of anilines is 2. The third kappa shape index (κ3) is 5.49. The van der Waals surface area contributed by atoms with Gasteiger partial charge in [0.1, 0.15) is 0 Å². The minimum absolute atomic E-state index is 0.329. The van der Waals surface area contributed by atoms with Crippen LogP contribution in [0.4, 0.5) is 21.0 Å². The molecule has 0 saturated carbocycles. The molecule has 2 aliphatic heterocycles. The minimum atomic E-state index is -1.03. The first-order valence-corrected chi connectivity index (χ1v) is 12.2. The molecule has 0 aliphatic carbocycles. The van der Waals surface area contributed by atoms with E-state index < -0.39 is 17.7 Å². The van der Waals surface area contributed by atoms with Crippen molar-refractivity contribution in [1.29, 1.82) is 0 Å². The molecule has 9 nitrogen and oxygen atoms in total. The molecule has 0 radical (unpaired) electrons. The van der Waals surface area contributed by atoms with Crippen molar-refractivity contribution in [2.45, 2.75) is 25.6 Å². The highest BCUT2D eigenvalue weighted by Gasteiger charge is 2.56. The van der Waals surface area contributed by atoms with Gasteiger partial charge in [-0.15, -0.1) is 0 Å². The fraction of sp³-hybridized carbons (Fsp3) is 0.417. The summed E-state index contributed by atoms with van der Waals surface area (Å²) in [7, 11) is 0. The topological polar surface area (TPSA) is 88.6 Å². The number of carbonyl (C=O) groups is 2. The van der Waals surface area contributed by atoms with E-state index in [0.29, 0.717) is 52.8 Å². The molecule has 2 fully saturated rings. The van der Waals surface area contributed by atoms with Gasteiger partial charge in [0.25, 0.3) is 0 Å². The van der Waals surface area contributed by atoms with E-state index >= 15 is 0 Å². The lowest BCUT2D eigenvalue weighted by Crippen LogP contribution is -2.58. The number of hydroxylamine groups is 2. The van der Waals surface area contributed by atoms with Crippen molar-refractivity contribution in [3.63, 3.8) is 0 Å². The summed E-state index contributed by atoms with van der Waals surface area (Å²) < 4.78 is 5.42. The number of ether oxygens (including phenoxy) is 1. The Morgan fingerprint density at radius 1 is 1.11 bits per heavy atom. The number of benzene rings is 2. The van der Waals surface area contributed by atoms with Gasteiger partial charge in [-0.25, -0.2) is 9.59 Å². The lowest BCUT2D eigenvalue weighted by molar-refractivity contribution is -0.0954. The van der Waals surface area contributed by atoms with Gasteiger partial charge in [-0.1, -0.05) is 35.3 Å². The first-order valence-electron chi connectivity index (χ1n) is 11.4. The standard InChI is InChI=1S/C24H29Cl2N5O4/c1-24(2)21(31(34)22(32)27-19-7-3-5-17(25)15-19)30(20-8-4-6-18(26)16-20)23(33)29(24)10-9-28-11-13-35-14-12-28/h3-8,15-16,21,34H,9-14H2,1-2H3,(H,27,32). The SMILES string of the molecule is CC1(C)C(N(O)C(=O)Nc2cccc(Cl)c2)N(c2cccc(Cl)c2)C(=O)N1CCN1CCOCC1. The Labute approximate surface area is 214 Å². The molecule has 2 aliphatic rings. The Morgan fingerprint density at radius 3 is 2.43 bits per heavy atom. The van der Waals surface area contributed by atoms with E-state index in [1.54, 1.807) is 53.4 Å². The molecule has 2 heterocycles. The van der Waals surface area contributed by atoms with E-state index in [2.05, 4.69) is 10.2 Å². The quantitative estimate of drug-likeness (QED) is 0.428. The monoisotopic (exact) mass is 521 g/mol. The molecule has 2 aromatic carbocycles. The number of urea groups is 2. The largest absolute Gasteiger partial charge is 0.379 e. The second kappa shape index (κ2) is 10.6. The van der Waals surface area contributed by atoms with Crippen LogP contribution in [0.5, 0.6) is 0 Å². The van der Waals surface area contributed by atoms with Gasteiger partial charge in [-0.05, 0) is 50.2 Å². The zero-order valence-corrected chi connectivity index (χ0v) is 21.2. The molecule has 35 heavy (non-hydrogen) atoms. The lowest BCUT2D eigenvalue weighted by atomic mass is 9.99. The molecule has 2 aromatic rings. The van der Waals surface area contributed by atoms with Crippen molar-refractivity contribution >= 4 is 46.6 Å². The van der Waals surface area contributed by atoms with E-state index in [1.807, 2.05) is 13.8 Å². The number of rotatable bonds is 6. The summed E-state index contributed by atoms with van der Waals surface area (Å²) >= 11 is 12.2. The second-order valence-corrected chi connectivity index (χ2v) is 9.92.